The summed E-state index contributed by atoms with van der Waals surface area (Å²) in [7, 11) is 0. The lowest BCUT2D eigenvalue weighted by Gasteiger charge is -2.33. The minimum Gasteiger partial charge on any atom is -0.481 e. The third-order valence-corrected chi connectivity index (χ3v) is 6.88. The minimum atomic E-state index is -0.687. The smallest absolute Gasteiger partial charge is 0.307 e. The van der Waals surface area contributed by atoms with E-state index in [0.29, 0.717) is 23.1 Å². The zero-order valence-corrected chi connectivity index (χ0v) is 14.7. The topological polar surface area (TPSA) is 57.6 Å². The van der Waals surface area contributed by atoms with Gasteiger partial charge in [-0.15, -0.1) is 0 Å². The van der Waals surface area contributed by atoms with Gasteiger partial charge in [0.05, 0.1) is 16.0 Å². The number of nitrogens with zero attached hydrogens (tertiary/aromatic N) is 1. The number of amides is 1. The molecule has 1 aliphatic heterocycles. The van der Waals surface area contributed by atoms with E-state index in [9.17, 15) is 9.59 Å². The van der Waals surface area contributed by atoms with Crippen LogP contribution in [0.1, 0.15) is 37.2 Å². The third kappa shape index (κ3) is 2.60. The second-order valence-corrected chi connectivity index (χ2v) is 8.16. The van der Waals surface area contributed by atoms with E-state index >= 15 is 0 Å². The van der Waals surface area contributed by atoms with E-state index in [2.05, 4.69) is 0 Å². The van der Waals surface area contributed by atoms with Gasteiger partial charge in [0.25, 0.3) is 0 Å². The second-order valence-electron chi connectivity index (χ2n) is 7.37. The Bertz CT molecular complexity index is 712. The Hall–Kier alpha value is -1.26. The summed E-state index contributed by atoms with van der Waals surface area (Å²) in [4.78, 5) is 25.8. The molecular weight excluding hydrogens is 349 g/mol. The number of carboxylic acids is 1. The summed E-state index contributed by atoms with van der Waals surface area (Å²) in [6.07, 6.45) is 3.21. The highest BCUT2D eigenvalue weighted by Gasteiger charge is 2.59. The highest BCUT2D eigenvalue weighted by atomic mass is 35.5. The fourth-order valence-electron chi connectivity index (χ4n) is 4.27. The van der Waals surface area contributed by atoms with Crippen LogP contribution >= 0.6 is 23.2 Å². The highest BCUT2D eigenvalue weighted by Crippen LogP contribution is 2.60. The van der Waals surface area contributed by atoms with Crippen LogP contribution < -0.4 is 0 Å². The maximum atomic E-state index is 12.7. The number of carbonyl (C=O) groups excluding carboxylic acids is 1. The number of aliphatic carboxylic acids is 1. The third-order valence-electron chi connectivity index (χ3n) is 6.05. The summed E-state index contributed by atoms with van der Waals surface area (Å²) in [5.74, 6) is -0.559. The van der Waals surface area contributed by atoms with Gasteiger partial charge in [-0.05, 0) is 48.6 Å². The van der Waals surface area contributed by atoms with Gasteiger partial charge in [-0.3, -0.25) is 9.59 Å². The molecule has 0 radical (unpaired) electrons. The van der Waals surface area contributed by atoms with Crippen molar-refractivity contribution in [2.45, 2.75) is 31.6 Å². The van der Waals surface area contributed by atoms with Gasteiger partial charge < -0.3 is 10.0 Å². The van der Waals surface area contributed by atoms with Crippen molar-refractivity contribution in [3.05, 3.63) is 33.8 Å². The second kappa shape index (κ2) is 5.63. The molecule has 24 heavy (non-hydrogen) atoms. The molecule has 3 aliphatic rings. The van der Waals surface area contributed by atoms with Crippen LogP contribution in [-0.4, -0.2) is 35.0 Å². The number of halogens is 2. The number of hydrogen-bond acceptors (Lipinski definition) is 2. The first-order valence-electron chi connectivity index (χ1n) is 8.38. The van der Waals surface area contributed by atoms with Crippen molar-refractivity contribution in [3.63, 3.8) is 0 Å². The molecule has 6 heteroatoms. The normalized spacial score (nSPS) is 30.2. The monoisotopic (exact) mass is 367 g/mol. The first-order chi connectivity index (χ1) is 11.4. The largest absolute Gasteiger partial charge is 0.481 e. The van der Waals surface area contributed by atoms with Crippen molar-refractivity contribution >= 4 is 35.1 Å². The van der Waals surface area contributed by atoms with Gasteiger partial charge in [-0.1, -0.05) is 35.3 Å². The van der Waals surface area contributed by atoms with Crippen LogP contribution in [0.25, 0.3) is 0 Å². The molecule has 1 aromatic rings. The summed E-state index contributed by atoms with van der Waals surface area (Å²) < 4.78 is 0. The summed E-state index contributed by atoms with van der Waals surface area (Å²) in [6.45, 7) is 1.35. The highest BCUT2D eigenvalue weighted by molar-refractivity contribution is 6.42. The van der Waals surface area contributed by atoms with Gasteiger partial charge in [0.2, 0.25) is 5.91 Å². The molecule has 3 atom stereocenters. The van der Waals surface area contributed by atoms with Crippen LogP contribution in [0.3, 0.4) is 0 Å². The lowest BCUT2D eigenvalue weighted by molar-refractivity contribution is -0.140. The molecule has 1 spiro atoms. The maximum Gasteiger partial charge on any atom is 0.307 e. The zero-order valence-electron chi connectivity index (χ0n) is 13.2. The van der Waals surface area contributed by atoms with Crippen molar-refractivity contribution < 1.29 is 14.7 Å². The summed E-state index contributed by atoms with van der Waals surface area (Å²) in [5, 5.41) is 10.2. The van der Waals surface area contributed by atoms with Gasteiger partial charge in [-0.2, -0.15) is 0 Å². The molecule has 0 aromatic heterocycles. The lowest BCUT2D eigenvalue weighted by Crippen LogP contribution is -2.41. The molecule has 3 fully saturated rings. The summed E-state index contributed by atoms with van der Waals surface area (Å²) in [5.41, 5.74) is 0.922. The van der Waals surface area contributed by atoms with E-state index in [1.807, 2.05) is 17.0 Å². The molecule has 1 saturated heterocycles. The number of carboxylic acid groups (broad SMARTS) is 1. The maximum absolute atomic E-state index is 12.7. The van der Waals surface area contributed by atoms with Gasteiger partial charge in [-0.25, -0.2) is 0 Å². The predicted molar refractivity (Wildman–Crippen MR) is 91.3 cm³/mol. The van der Waals surface area contributed by atoms with Crippen molar-refractivity contribution in [1.29, 1.82) is 0 Å². The van der Waals surface area contributed by atoms with Gasteiger partial charge in [0.1, 0.15) is 0 Å². The van der Waals surface area contributed by atoms with Crippen molar-refractivity contribution in [1.82, 2.24) is 4.90 Å². The molecule has 1 aromatic carbocycles. The molecule has 3 unspecified atom stereocenters. The molecule has 1 heterocycles. The van der Waals surface area contributed by atoms with Crippen LogP contribution in [0.15, 0.2) is 18.2 Å². The number of rotatable bonds is 3. The van der Waals surface area contributed by atoms with E-state index < -0.39 is 5.97 Å². The van der Waals surface area contributed by atoms with Crippen LogP contribution in [-0.2, 0) is 9.59 Å². The predicted octanol–water partition coefficient (Wildman–Crippen LogP) is 3.81. The quantitative estimate of drug-likeness (QED) is 0.883. The molecule has 1 amide bonds. The number of benzene rings is 1. The summed E-state index contributed by atoms with van der Waals surface area (Å²) in [6, 6.07) is 5.57. The average Bonchev–Trinajstić information content (AvgIpc) is 3.46. The molecule has 128 valence electrons. The molecule has 2 saturated carbocycles. The van der Waals surface area contributed by atoms with Crippen LogP contribution in [0.4, 0.5) is 0 Å². The Balaban J connectivity index is 1.37. The molecular formula is C18H19Cl2NO3. The van der Waals surface area contributed by atoms with Crippen LogP contribution in [0.5, 0.6) is 0 Å². The Labute approximate surface area is 150 Å². The fraction of sp³-hybridized carbons (Fsp3) is 0.556. The van der Waals surface area contributed by atoms with Gasteiger partial charge >= 0.3 is 5.97 Å². The molecule has 4 nitrogen and oxygen atoms in total. The fourth-order valence-corrected chi connectivity index (χ4v) is 4.72. The standard InChI is InChI=1S/C18H19Cl2NO3/c19-14-3-1-2-10(15(14)20)11-8-12(11)16(22)21-6-4-18(5-7-21)9-13(18)17(23)24/h1-3,11-13H,4-9H2,(H,23,24). The van der Waals surface area contributed by atoms with Gasteiger partial charge in [0, 0.05) is 19.0 Å². The molecule has 1 N–H and O–H groups in total. The van der Waals surface area contributed by atoms with E-state index in [4.69, 9.17) is 28.3 Å². The lowest BCUT2D eigenvalue weighted by atomic mass is 9.90. The van der Waals surface area contributed by atoms with Crippen molar-refractivity contribution in [2.24, 2.45) is 17.3 Å². The first-order valence-corrected chi connectivity index (χ1v) is 9.14. The van der Waals surface area contributed by atoms with E-state index in [1.54, 1.807) is 6.07 Å². The number of likely N-dealkylation sites (tertiary alicyclic amines) is 1. The Morgan fingerprint density at radius 1 is 1.21 bits per heavy atom. The Morgan fingerprint density at radius 2 is 1.92 bits per heavy atom. The van der Waals surface area contributed by atoms with E-state index in [-0.39, 0.29) is 29.1 Å². The zero-order chi connectivity index (χ0) is 17.1. The Morgan fingerprint density at radius 3 is 2.54 bits per heavy atom. The van der Waals surface area contributed by atoms with Crippen molar-refractivity contribution in [3.8, 4) is 0 Å². The average molecular weight is 368 g/mol. The van der Waals surface area contributed by atoms with Crippen LogP contribution in [0, 0.1) is 17.3 Å². The van der Waals surface area contributed by atoms with E-state index in [1.165, 1.54) is 0 Å². The Kier molecular flexibility index (Phi) is 3.81. The van der Waals surface area contributed by atoms with E-state index in [0.717, 1.165) is 31.2 Å². The number of piperidine rings is 1. The minimum absolute atomic E-state index is 0.00973. The van der Waals surface area contributed by atoms with Crippen molar-refractivity contribution in [2.75, 3.05) is 13.1 Å². The van der Waals surface area contributed by atoms with Gasteiger partial charge in [0.15, 0.2) is 0 Å². The molecule has 4 rings (SSSR count). The summed E-state index contributed by atoms with van der Waals surface area (Å²) >= 11 is 12.3. The van der Waals surface area contributed by atoms with Crippen LogP contribution in [0.2, 0.25) is 10.0 Å². The molecule has 0 bridgehead atoms. The first kappa shape index (κ1) is 16.2. The number of carbonyl (C=O) groups is 2. The molecule has 2 aliphatic carbocycles. The SMILES string of the molecule is O=C(O)C1CC12CCN(C(=O)C1CC1c1cccc(Cl)c1Cl)CC2. The number of hydrogen-bond donors (Lipinski definition) is 1.